The molecular weight excluding hydrogens is 212 g/mol. The van der Waals surface area contributed by atoms with Crippen molar-refractivity contribution in [3.63, 3.8) is 0 Å². The lowest BCUT2D eigenvalue weighted by atomic mass is 10.4. The van der Waals surface area contributed by atoms with Gasteiger partial charge in [-0.2, -0.15) is 10.4 Å². The topological polar surface area (TPSA) is 54.5 Å². The molecule has 2 aromatic heterocycles. The monoisotopic (exact) mass is 218 g/mol. The van der Waals surface area contributed by atoms with Gasteiger partial charge in [0.05, 0.1) is 12.2 Å². The van der Waals surface area contributed by atoms with Crippen molar-refractivity contribution in [2.24, 2.45) is 0 Å². The highest BCUT2D eigenvalue weighted by molar-refractivity contribution is 6.29. The number of hydrogen-bond donors (Lipinski definition) is 0. The van der Waals surface area contributed by atoms with E-state index < -0.39 is 0 Å². The quantitative estimate of drug-likeness (QED) is 0.773. The number of halogens is 1. The van der Waals surface area contributed by atoms with Crippen LogP contribution < -0.4 is 0 Å². The van der Waals surface area contributed by atoms with E-state index >= 15 is 0 Å². The van der Waals surface area contributed by atoms with Crippen LogP contribution in [0.25, 0.3) is 0 Å². The lowest BCUT2D eigenvalue weighted by molar-refractivity contribution is 0.749. The highest BCUT2D eigenvalue weighted by Gasteiger charge is 2.01. The van der Waals surface area contributed by atoms with Crippen LogP contribution in [0.2, 0.25) is 5.15 Å². The van der Waals surface area contributed by atoms with Crippen LogP contribution in [0.15, 0.2) is 30.5 Å². The normalized spacial score (nSPS) is 9.87. The fourth-order valence-corrected chi connectivity index (χ4v) is 1.36. The molecular formula is C10H7ClN4. The van der Waals surface area contributed by atoms with E-state index in [4.69, 9.17) is 16.9 Å². The van der Waals surface area contributed by atoms with Gasteiger partial charge in [-0.25, -0.2) is 0 Å². The smallest absolute Gasteiger partial charge is 0.151 e. The Labute approximate surface area is 91.7 Å². The van der Waals surface area contributed by atoms with Crippen molar-refractivity contribution in [2.45, 2.75) is 6.54 Å². The van der Waals surface area contributed by atoms with Crippen molar-refractivity contribution in [1.82, 2.24) is 14.8 Å². The first-order chi connectivity index (χ1) is 7.29. The van der Waals surface area contributed by atoms with Gasteiger partial charge in [0.2, 0.25) is 0 Å². The van der Waals surface area contributed by atoms with Gasteiger partial charge in [0.1, 0.15) is 11.8 Å². The molecule has 0 aliphatic heterocycles. The second-order valence-corrected chi connectivity index (χ2v) is 3.37. The van der Waals surface area contributed by atoms with E-state index in [9.17, 15) is 0 Å². The molecule has 0 amide bonds. The van der Waals surface area contributed by atoms with Gasteiger partial charge in [-0.05, 0) is 24.3 Å². The standard InChI is InChI=1S/C10H7ClN4/c11-10-4-3-8(13-14-10)7-15-5-1-2-9(15)6-12/h1-5H,7H2. The van der Waals surface area contributed by atoms with Crippen LogP contribution in [0.1, 0.15) is 11.4 Å². The maximum absolute atomic E-state index is 8.80. The Morgan fingerprint density at radius 1 is 1.33 bits per heavy atom. The van der Waals surface area contributed by atoms with Crippen LogP contribution >= 0.6 is 11.6 Å². The molecule has 0 aliphatic carbocycles. The maximum atomic E-state index is 8.80. The summed E-state index contributed by atoms with van der Waals surface area (Å²) in [6.45, 7) is 0.528. The third kappa shape index (κ3) is 2.14. The van der Waals surface area contributed by atoms with Crippen molar-refractivity contribution < 1.29 is 0 Å². The Kier molecular flexibility index (Phi) is 2.66. The molecule has 0 spiro atoms. The van der Waals surface area contributed by atoms with Gasteiger partial charge in [0.15, 0.2) is 5.15 Å². The average Bonchev–Trinajstić information content (AvgIpc) is 2.69. The molecule has 2 heterocycles. The fourth-order valence-electron chi connectivity index (χ4n) is 1.26. The predicted octanol–water partition coefficient (Wildman–Crippen LogP) is 1.85. The number of rotatable bonds is 2. The second kappa shape index (κ2) is 4.11. The van der Waals surface area contributed by atoms with Crippen LogP contribution in [0.5, 0.6) is 0 Å². The second-order valence-electron chi connectivity index (χ2n) is 2.98. The molecule has 0 saturated carbocycles. The molecule has 0 unspecified atom stereocenters. The number of nitriles is 1. The Bertz CT molecular complexity index is 495. The summed E-state index contributed by atoms with van der Waals surface area (Å²) < 4.78 is 1.80. The Hall–Kier alpha value is -1.86. The molecule has 5 heteroatoms. The zero-order valence-corrected chi connectivity index (χ0v) is 8.52. The van der Waals surface area contributed by atoms with E-state index in [2.05, 4.69) is 16.3 Å². The van der Waals surface area contributed by atoms with Crippen LogP contribution in [0.3, 0.4) is 0 Å². The minimum Gasteiger partial charge on any atom is -0.333 e. The highest BCUT2D eigenvalue weighted by Crippen LogP contribution is 2.06. The predicted molar refractivity (Wildman–Crippen MR) is 55.3 cm³/mol. The van der Waals surface area contributed by atoms with Crippen molar-refractivity contribution >= 4 is 11.6 Å². The molecule has 0 saturated heterocycles. The molecule has 0 aromatic carbocycles. The van der Waals surface area contributed by atoms with E-state index in [1.54, 1.807) is 22.8 Å². The zero-order chi connectivity index (χ0) is 10.7. The molecule has 0 atom stereocenters. The Morgan fingerprint density at radius 3 is 2.87 bits per heavy atom. The molecule has 0 fully saturated rings. The van der Waals surface area contributed by atoms with Gasteiger partial charge >= 0.3 is 0 Å². The van der Waals surface area contributed by atoms with Crippen LogP contribution in [0, 0.1) is 11.3 Å². The van der Waals surface area contributed by atoms with Crippen LogP contribution in [-0.4, -0.2) is 14.8 Å². The first-order valence-corrected chi connectivity index (χ1v) is 4.71. The fraction of sp³-hybridized carbons (Fsp3) is 0.100. The Morgan fingerprint density at radius 2 is 2.20 bits per heavy atom. The van der Waals surface area contributed by atoms with Crippen molar-refractivity contribution in [3.05, 3.63) is 47.0 Å². The third-order valence-electron chi connectivity index (χ3n) is 1.96. The van der Waals surface area contributed by atoms with Gasteiger partial charge in [0.25, 0.3) is 0 Å². The van der Waals surface area contributed by atoms with Crippen molar-refractivity contribution in [3.8, 4) is 6.07 Å². The number of aromatic nitrogens is 3. The van der Waals surface area contributed by atoms with E-state index in [1.165, 1.54) is 0 Å². The summed E-state index contributed by atoms with van der Waals surface area (Å²) in [5.74, 6) is 0. The zero-order valence-electron chi connectivity index (χ0n) is 7.76. The molecule has 2 rings (SSSR count). The van der Waals surface area contributed by atoms with E-state index in [1.807, 2.05) is 12.3 Å². The summed E-state index contributed by atoms with van der Waals surface area (Å²) in [6, 6.07) is 9.14. The third-order valence-corrected chi connectivity index (χ3v) is 2.17. The van der Waals surface area contributed by atoms with E-state index in [-0.39, 0.29) is 0 Å². The summed E-state index contributed by atoms with van der Waals surface area (Å²) >= 11 is 5.62. The molecule has 4 nitrogen and oxygen atoms in total. The van der Waals surface area contributed by atoms with Gasteiger partial charge in [-0.1, -0.05) is 11.6 Å². The van der Waals surface area contributed by atoms with E-state index in [0.717, 1.165) is 5.69 Å². The maximum Gasteiger partial charge on any atom is 0.151 e. The summed E-state index contributed by atoms with van der Waals surface area (Å²) in [5.41, 5.74) is 1.37. The first-order valence-electron chi connectivity index (χ1n) is 4.33. The summed E-state index contributed by atoms with van der Waals surface area (Å²) in [5, 5.41) is 16.8. The lowest BCUT2D eigenvalue weighted by Gasteiger charge is -2.02. The number of nitrogens with zero attached hydrogens (tertiary/aromatic N) is 4. The minimum atomic E-state index is 0.367. The van der Waals surface area contributed by atoms with Crippen LogP contribution in [0.4, 0.5) is 0 Å². The lowest BCUT2D eigenvalue weighted by Crippen LogP contribution is -2.03. The Balaban J connectivity index is 2.23. The molecule has 15 heavy (non-hydrogen) atoms. The largest absolute Gasteiger partial charge is 0.333 e. The van der Waals surface area contributed by atoms with Gasteiger partial charge in [-0.3, -0.25) is 0 Å². The molecule has 2 aromatic rings. The summed E-state index contributed by atoms with van der Waals surface area (Å²) in [6.07, 6.45) is 1.83. The van der Waals surface area contributed by atoms with Gasteiger partial charge < -0.3 is 4.57 Å². The molecule has 0 N–H and O–H groups in total. The number of hydrogen-bond acceptors (Lipinski definition) is 3. The molecule has 0 bridgehead atoms. The average molecular weight is 219 g/mol. The highest BCUT2D eigenvalue weighted by atomic mass is 35.5. The SMILES string of the molecule is N#Cc1cccn1Cc1ccc(Cl)nn1. The first kappa shape index (κ1) is 9.69. The van der Waals surface area contributed by atoms with Gasteiger partial charge in [-0.15, -0.1) is 5.10 Å². The van der Waals surface area contributed by atoms with E-state index in [0.29, 0.717) is 17.4 Å². The van der Waals surface area contributed by atoms with Gasteiger partial charge in [0, 0.05) is 6.20 Å². The van der Waals surface area contributed by atoms with Crippen molar-refractivity contribution in [2.75, 3.05) is 0 Å². The van der Waals surface area contributed by atoms with Crippen molar-refractivity contribution in [1.29, 1.82) is 5.26 Å². The summed E-state index contributed by atoms with van der Waals surface area (Å²) in [7, 11) is 0. The minimum absolute atomic E-state index is 0.367. The molecule has 74 valence electrons. The molecule has 0 radical (unpaired) electrons. The molecule has 0 aliphatic rings. The summed E-state index contributed by atoms with van der Waals surface area (Å²) in [4.78, 5) is 0. The van der Waals surface area contributed by atoms with Crippen LogP contribution in [-0.2, 0) is 6.54 Å².